The van der Waals surface area contributed by atoms with Gasteiger partial charge in [-0.25, -0.2) is 0 Å². The van der Waals surface area contributed by atoms with Gasteiger partial charge in [0.05, 0.1) is 0 Å². The number of hydrogen-bond acceptors (Lipinski definition) is 3. The summed E-state index contributed by atoms with van der Waals surface area (Å²) >= 11 is 0. The highest BCUT2D eigenvalue weighted by Gasteiger charge is 2.20. The van der Waals surface area contributed by atoms with Crippen LogP contribution in [0.1, 0.15) is 19.3 Å². The number of carbonyl (C=O) groups is 1. The fourth-order valence-electron chi connectivity index (χ4n) is 2.15. The fourth-order valence-corrected chi connectivity index (χ4v) is 2.15. The van der Waals surface area contributed by atoms with Gasteiger partial charge in [0.25, 0.3) is 0 Å². The SMILES string of the molecule is CN(C(=O)CC1CCOCC1)c1ccc(O)cc1. The number of carbonyl (C=O) groups excluding carboxylic acids is 1. The van der Waals surface area contributed by atoms with Crippen molar-refractivity contribution in [3.8, 4) is 5.75 Å². The molecule has 1 saturated heterocycles. The Morgan fingerprint density at radius 3 is 2.56 bits per heavy atom. The van der Waals surface area contributed by atoms with Crippen molar-refractivity contribution >= 4 is 11.6 Å². The summed E-state index contributed by atoms with van der Waals surface area (Å²) in [6, 6.07) is 6.68. The van der Waals surface area contributed by atoms with Gasteiger partial charge in [-0.1, -0.05) is 0 Å². The molecule has 98 valence electrons. The molecular weight excluding hydrogens is 230 g/mol. The molecular formula is C14H19NO3. The highest BCUT2D eigenvalue weighted by molar-refractivity contribution is 5.92. The van der Waals surface area contributed by atoms with Gasteiger partial charge in [0.15, 0.2) is 0 Å². The zero-order valence-corrected chi connectivity index (χ0v) is 10.6. The van der Waals surface area contributed by atoms with E-state index in [4.69, 9.17) is 4.74 Å². The average Bonchev–Trinajstić information content (AvgIpc) is 2.40. The van der Waals surface area contributed by atoms with Crippen molar-refractivity contribution in [2.75, 3.05) is 25.2 Å². The molecule has 4 heteroatoms. The Labute approximate surface area is 107 Å². The van der Waals surface area contributed by atoms with E-state index in [-0.39, 0.29) is 11.7 Å². The molecule has 2 rings (SSSR count). The van der Waals surface area contributed by atoms with Gasteiger partial charge >= 0.3 is 0 Å². The van der Waals surface area contributed by atoms with Crippen LogP contribution in [-0.4, -0.2) is 31.3 Å². The predicted octanol–water partition coefficient (Wildman–Crippen LogP) is 2.17. The molecule has 18 heavy (non-hydrogen) atoms. The summed E-state index contributed by atoms with van der Waals surface area (Å²) in [7, 11) is 1.77. The minimum absolute atomic E-state index is 0.118. The van der Waals surface area contributed by atoms with Crippen LogP contribution in [0.25, 0.3) is 0 Å². The summed E-state index contributed by atoms with van der Waals surface area (Å²) in [5.41, 5.74) is 0.810. The lowest BCUT2D eigenvalue weighted by molar-refractivity contribution is -0.119. The van der Waals surface area contributed by atoms with Gasteiger partial charge in [0.1, 0.15) is 5.75 Å². The summed E-state index contributed by atoms with van der Waals surface area (Å²) in [5, 5.41) is 9.22. The molecule has 0 saturated carbocycles. The number of anilines is 1. The van der Waals surface area contributed by atoms with Gasteiger partial charge in [0.2, 0.25) is 5.91 Å². The minimum atomic E-state index is 0.118. The van der Waals surface area contributed by atoms with Crippen molar-refractivity contribution in [1.82, 2.24) is 0 Å². The van der Waals surface area contributed by atoms with Crippen LogP contribution >= 0.6 is 0 Å². The standard InChI is InChI=1S/C14H19NO3/c1-15(12-2-4-13(16)5-3-12)14(17)10-11-6-8-18-9-7-11/h2-5,11,16H,6-10H2,1H3. The first-order valence-corrected chi connectivity index (χ1v) is 6.30. The molecule has 0 aromatic heterocycles. The third-order valence-electron chi connectivity index (χ3n) is 3.42. The molecule has 4 nitrogen and oxygen atoms in total. The van der Waals surface area contributed by atoms with E-state index in [0.717, 1.165) is 31.7 Å². The summed E-state index contributed by atoms with van der Waals surface area (Å²) in [5.74, 6) is 0.766. The van der Waals surface area contributed by atoms with Crippen molar-refractivity contribution in [3.63, 3.8) is 0 Å². The number of hydrogen-bond donors (Lipinski definition) is 1. The van der Waals surface area contributed by atoms with Crippen molar-refractivity contribution < 1.29 is 14.6 Å². The Kier molecular flexibility index (Phi) is 4.20. The molecule has 1 amide bonds. The number of aromatic hydroxyl groups is 1. The molecule has 1 N–H and O–H groups in total. The Hall–Kier alpha value is -1.55. The van der Waals surface area contributed by atoms with Crippen molar-refractivity contribution in [2.45, 2.75) is 19.3 Å². The summed E-state index contributed by atoms with van der Waals surface area (Å²) in [4.78, 5) is 13.8. The van der Waals surface area contributed by atoms with Crippen LogP contribution in [-0.2, 0) is 9.53 Å². The zero-order chi connectivity index (χ0) is 13.0. The van der Waals surface area contributed by atoms with Gasteiger partial charge in [0, 0.05) is 32.4 Å². The topological polar surface area (TPSA) is 49.8 Å². The van der Waals surface area contributed by atoms with Crippen LogP contribution in [0.3, 0.4) is 0 Å². The number of rotatable bonds is 3. The number of nitrogens with zero attached hydrogens (tertiary/aromatic N) is 1. The maximum Gasteiger partial charge on any atom is 0.226 e. The lowest BCUT2D eigenvalue weighted by Gasteiger charge is -2.24. The molecule has 0 unspecified atom stereocenters. The second-order valence-corrected chi connectivity index (χ2v) is 4.73. The molecule has 0 atom stereocenters. The minimum Gasteiger partial charge on any atom is -0.508 e. The van der Waals surface area contributed by atoms with E-state index in [2.05, 4.69) is 0 Å². The van der Waals surface area contributed by atoms with Crippen LogP contribution in [0.4, 0.5) is 5.69 Å². The van der Waals surface area contributed by atoms with Crippen molar-refractivity contribution in [2.24, 2.45) is 5.92 Å². The Balaban J connectivity index is 1.93. The molecule has 1 fully saturated rings. The van der Waals surface area contributed by atoms with E-state index in [1.54, 1.807) is 36.2 Å². The van der Waals surface area contributed by atoms with Gasteiger partial charge < -0.3 is 14.7 Å². The van der Waals surface area contributed by atoms with Gasteiger partial charge in [-0.3, -0.25) is 4.79 Å². The number of phenolic OH excluding ortho intramolecular Hbond substituents is 1. The highest BCUT2D eigenvalue weighted by atomic mass is 16.5. The monoisotopic (exact) mass is 249 g/mol. The first-order chi connectivity index (χ1) is 8.66. The first-order valence-electron chi connectivity index (χ1n) is 6.30. The summed E-state index contributed by atoms with van der Waals surface area (Å²) in [6.45, 7) is 1.53. The van der Waals surface area contributed by atoms with E-state index < -0.39 is 0 Å². The van der Waals surface area contributed by atoms with Crippen LogP contribution < -0.4 is 4.90 Å². The molecule has 0 spiro atoms. The third kappa shape index (κ3) is 3.23. The third-order valence-corrected chi connectivity index (χ3v) is 3.42. The Morgan fingerprint density at radius 1 is 1.33 bits per heavy atom. The quantitative estimate of drug-likeness (QED) is 0.893. The molecule has 1 heterocycles. The summed E-state index contributed by atoms with van der Waals surface area (Å²) < 4.78 is 5.29. The second kappa shape index (κ2) is 5.87. The van der Waals surface area contributed by atoms with E-state index in [9.17, 15) is 9.90 Å². The lowest BCUT2D eigenvalue weighted by atomic mass is 9.96. The van der Waals surface area contributed by atoms with Crippen LogP contribution in [0, 0.1) is 5.92 Å². The maximum atomic E-state index is 12.1. The van der Waals surface area contributed by atoms with E-state index in [1.807, 2.05) is 0 Å². The molecule has 1 aliphatic rings. The van der Waals surface area contributed by atoms with Crippen molar-refractivity contribution in [1.29, 1.82) is 0 Å². The van der Waals surface area contributed by atoms with E-state index in [0.29, 0.717) is 12.3 Å². The number of benzene rings is 1. The molecule has 0 aliphatic carbocycles. The largest absolute Gasteiger partial charge is 0.508 e. The number of ether oxygens (including phenoxy) is 1. The Morgan fingerprint density at radius 2 is 1.94 bits per heavy atom. The molecule has 0 radical (unpaired) electrons. The molecule has 1 aromatic rings. The number of phenols is 1. The van der Waals surface area contributed by atoms with Crippen LogP contribution in [0.15, 0.2) is 24.3 Å². The maximum absolute atomic E-state index is 12.1. The number of amides is 1. The molecule has 0 bridgehead atoms. The van der Waals surface area contributed by atoms with Gasteiger partial charge in [-0.2, -0.15) is 0 Å². The zero-order valence-electron chi connectivity index (χ0n) is 10.6. The predicted molar refractivity (Wildman–Crippen MR) is 69.7 cm³/mol. The van der Waals surface area contributed by atoms with E-state index in [1.165, 1.54) is 0 Å². The van der Waals surface area contributed by atoms with Gasteiger partial charge in [-0.15, -0.1) is 0 Å². The highest BCUT2D eigenvalue weighted by Crippen LogP contribution is 2.22. The van der Waals surface area contributed by atoms with Crippen molar-refractivity contribution in [3.05, 3.63) is 24.3 Å². The fraction of sp³-hybridized carbons (Fsp3) is 0.500. The van der Waals surface area contributed by atoms with Gasteiger partial charge in [-0.05, 0) is 43.0 Å². The smallest absolute Gasteiger partial charge is 0.226 e. The lowest BCUT2D eigenvalue weighted by Crippen LogP contribution is -2.29. The first kappa shape index (κ1) is 12.9. The summed E-state index contributed by atoms with van der Waals surface area (Å²) in [6.07, 6.45) is 2.51. The molecule has 1 aliphatic heterocycles. The van der Waals surface area contributed by atoms with Crippen LogP contribution in [0.5, 0.6) is 5.75 Å². The molecule has 1 aromatic carbocycles. The second-order valence-electron chi connectivity index (χ2n) is 4.73. The average molecular weight is 249 g/mol. The normalized spacial score (nSPS) is 16.5. The van der Waals surface area contributed by atoms with E-state index >= 15 is 0 Å². The Bertz CT molecular complexity index is 396. The van der Waals surface area contributed by atoms with Crippen LogP contribution in [0.2, 0.25) is 0 Å².